The van der Waals surface area contributed by atoms with E-state index in [9.17, 15) is 4.79 Å². The van der Waals surface area contributed by atoms with E-state index in [0.717, 1.165) is 29.2 Å². The third-order valence-electron chi connectivity index (χ3n) is 2.60. The van der Waals surface area contributed by atoms with Gasteiger partial charge in [0.1, 0.15) is 0 Å². The van der Waals surface area contributed by atoms with Crippen molar-refractivity contribution in [2.75, 3.05) is 17.2 Å². The molecule has 1 aromatic rings. The molecular formula is C14H22N2OS. The minimum Gasteiger partial charge on any atom is -0.399 e. The normalized spacial score (nSPS) is 12.1. The van der Waals surface area contributed by atoms with Gasteiger partial charge in [0, 0.05) is 23.9 Å². The van der Waals surface area contributed by atoms with Crippen molar-refractivity contribution < 1.29 is 4.79 Å². The Labute approximate surface area is 114 Å². The Kier molecular flexibility index (Phi) is 6.65. The van der Waals surface area contributed by atoms with E-state index in [1.165, 1.54) is 0 Å². The van der Waals surface area contributed by atoms with Crippen molar-refractivity contribution in [3.05, 3.63) is 29.8 Å². The van der Waals surface area contributed by atoms with Crippen molar-refractivity contribution in [1.29, 1.82) is 0 Å². The Bertz CT molecular complexity index is 365. The SMILES string of the molecule is CCSCC(C)NC(=O)CCc1ccc(N)cc1. The summed E-state index contributed by atoms with van der Waals surface area (Å²) in [6.45, 7) is 4.17. The van der Waals surface area contributed by atoms with Crippen LogP contribution in [0.2, 0.25) is 0 Å². The van der Waals surface area contributed by atoms with E-state index < -0.39 is 0 Å². The maximum absolute atomic E-state index is 11.7. The average molecular weight is 266 g/mol. The van der Waals surface area contributed by atoms with Crippen molar-refractivity contribution in [2.24, 2.45) is 0 Å². The summed E-state index contributed by atoms with van der Waals surface area (Å²) in [7, 11) is 0. The smallest absolute Gasteiger partial charge is 0.220 e. The van der Waals surface area contributed by atoms with Crippen LogP contribution < -0.4 is 11.1 Å². The molecule has 3 nitrogen and oxygen atoms in total. The summed E-state index contributed by atoms with van der Waals surface area (Å²) < 4.78 is 0. The van der Waals surface area contributed by atoms with E-state index in [2.05, 4.69) is 12.2 Å². The predicted molar refractivity (Wildman–Crippen MR) is 79.8 cm³/mol. The molecule has 3 N–H and O–H groups in total. The molecule has 0 aliphatic carbocycles. The van der Waals surface area contributed by atoms with Gasteiger partial charge in [-0.15, -0.1) is 0 Å². The lowest BCUT2D eigenvalue weighted by Crippen LogP contribution is -2.34. The number of nitrogen functional groups attached to an aromatic ring is 1. The highest BCUT2D eigenvalue weighted by molar-refractivity contribution is 7.99. The summed E-state index contributed by atoms with van der Waals surface area (Å²) in [5, 5.41) is 3.01. The van der Waals surface area contributed by atoms with Gasteiger partial charge < -0.3 is 11.1 Å². The van der Waals surface area contributed by atoms with Crippen molar-refractivity contribution in [1.82, 2.24) is 5.32 Å². The van der Waals surface area contributed by atoms with Crippen LogP contribution in [-0.4, -0.2) is 23.5 Å². The number of rotatable bonds is 7. The molecule has 1 aromatic carbocycles. The van der Waals surface area contributed by atoms with E-state index >= 15 is 0 Å². The Hall–Kier alpha value is -1.16. The second-order valence-electron chi connectivity index (χ2n) is 4.37. The van der Waals surface area contributed by atoms with Gasteiger partial charge in [0.05, 0.1) is 0 Å². The maximum atomic E-state index is 11.7. The first-order valence-corrected chi connectivity index (χ1v) is 7.48. The number of thioether (sulfide) groups is 1. The number of anilines is 1. The number of carbonyl (C=O) groups is 1. The van der Waals surface area contributed by atoms with Gasteiger partial charge >= 0.3 is 0 Å². The van der Waals surface area contributed by atoms with Crippen molar-refractivity contribution >= 4 is 23.4 Å². The molecule has 4 heteroatoms. The second kappa shape index (κ2) is 8.03. The molecule has 1 rings (SSSR count). The molecular weight excluding hydrogens is 244 g/mol. The highest BCUT2D eigenvalue weighted by Crippen LogP contribution is 2.08. The Balaban J connectivity index is 2.26. The topological polar surface area (TPSA) is 55.1 Å². The number of aryl methyl sites for hydroxylation is 1. The van der Waals surface area contributed by atoms with E-state index in [1.807, 2.05) is 43.0 Å². The zero-order valence-corrected chi connectivity index (χ0v) is 11.9. The highest BCUT2D eigenvalue weighted by Gasteiger charge is 2.07. The van der Waals surface area contributed by atoms with Crippen LogP contribution >= 0.6 is 11.8 Å². The molecule has 0 saturated heterocycles. The monoisotopic (exact) mass is 266 g/mol. The number of benzene rings is 1. The van der Waals surface area contributed by atoms with E-state index in [0.29, 0.717) is 6.42 Å². The third-order valence-corrected chi connectivity index (χ3v) is 3.74. The van der Waals surface area contributed by atoms with Crippen LogP contribution in [0.1, 0.15) is 25.8 Å². The van der Waals surface area contributed by atoms with E-state index in [-0.39, 0.29) is 11.9 Å². The number of nitrogens with two attached hydrogens (primary N) is 1. The quantitative estimate of drug-likeness (QED) is 0.745. The van der Waals surface area contributed by atoms with Crippen molar-refractivity contribution in [3.8, 4) is 0 Å². The summed E-state index contributed by atoms with van der Waals surface area (Å²) >= 11 is 1.85. The minimum absolute atomic E-state index is 0.121. The van der Waals surface area contributed by atoms with Crippen molar-refractivity contribution in [3.63, 3.8) is 0 Å². The number of carbonyl (C=O) groups excluding carboxylic acids is 1. The molecule has 0 aliphatic heterocycles. The summed E-state index contributed by atoms with van der Waals surface area (Å²) in [5.74, 6) is 2.19. The summed E-state index contributed by atoms with van der Waals surface area (Å²) in [5.41, 5.74) is 7.52. The summed E-state index contributed by atoms with van der Waals surface area (Å²) in [4.78, 5) is 11.7. The van der Waals surface area contributed by atoms with Crippen LogP contribution in [0.25, 0.3) is 0 Å². The van der Waals surface area contributed by atoms with Gasteiger partial charge in [-0.05, 0) is 36.8 Å². The highest BCUT2D eigenvalue weighted by atomic mass is 32.2. The third kappa shape index (κ3) is 5.96. The van der Waals surface area contributed by atoms with Crippen LogP contribution in [-0.2, 0) is 11.2 Å². The van der Waals surface area contributed by atoms with Crippen LogP contribution in [0.15, 0.2) is 24.3 Å². The molecule has 1 amide bonds. The van der Waals surface area contributed by atoms with Gasteiger partial charge in [-0.2, -0.15) is 11.8 Å². The van der Waals surface area contributed by atoms with Crippen LogP contribution in [0.5, 0.6) is 0 Å². The van der Waals surface area contributed by atoms with Crippen LogP contribution in [0.4, 0.5) is 5.69 Å². The van der Waals surface area contributed by atoms with Gasteiger partial charge in [-0.1, -0.05) is 19.1 Å². The van der Waals surface area contributed by atoms with Crippen LogP contribution in [0.3, 0.4) is 0 Å². The zero-order chi connectivity index (χ0) is 13.4. The molecule has 0 aliphatic rings. The lowest BCUT2D eigenvalue weighted by atomic mass is 10.1. The minimum atomic E-state index is 0.121. The first kappa shape index (κ1) is 14.9. The molecule has 0 saturated carbocycles. The summed E-state index contributed by atoms with van der Waals surface area (Å²) in [6, 6.07) is 7.92. The summed E-state index contributed by atoms with van der Waals surface area (Å²) in [6.07, 6.45) is 1.30. The number of hydrogen-bond acceptors (Lipinski definition) is 3. The fourth-order valence-corrected chi connectivity index (χ4v) is 2.30. The Morgan fingerprint density at radius 1 is 1.39 bits per heavy atom. The van der Waals surface area contributed by atoms with Gasteiger partial charge in [-0.3, -0.25) is 4.79 Å². The standard InChI is InChI=1S/C14H22N2OS/c1-3-18-10-11(2)16-14(17)9-6-12-4-7-13(15)8-5-12/h4-5,7-8,11H,3,6,9-10,15H2,1-2H3,(H,16,17). The molecule has 18 heavy (non-hydrogen) atoms. The first-order chi connectivity index (χ1) is 8.61. The number of nitrogens with one attached hydrogen (secondary N) is 1. The molecule has 0 bridgehead atoms. The fraction of sp³-hybridized carbons (Fsp3) is 0.500. The fourth-order valence-electron chi connectivity index (χ4n) is 1.63. The number of hydrogen-bond donors (Lipinski definition) is 2. The van der Waals surface area contributed by atoms with Gasteiger partial charge in [-0.25, -0.2) is 0 Å². The molecule has 0 fully saturated rings. The van der Waals surface area contributed by atoms with Gasteiger partial charge in [0.25, 0.3) is 0 Å². The molecule has 100 valence electrons. The Morgan fingerprint density at radius 3 is 2.67 bits per heavy atom. The maximum Gasteiger partial charge on any atom is 0.220 e. The molecule has 1 atom stereocenters. The molecule has 0 radical (unpaired) electrons. The lowest BCUT2D eigenvalue weighted by Gasteiger charge is -2.13. The molecule has 0 spiro atoms. The van der Waals surface area contributed by atoms with Crippen molar-refractivity contribution in [2.45, 2.75) is 32.7 Å². The second-order valence-corrected chi connectivity index (χ2v) is 5.69. The van der Waals surface area contributed by atoms with E-state index in [4.69, 9.17) is 5.73 Å². The van der Waals surface area contributed by atoms with Gasteiger partial charge in [0.2, 0.25) is 5.91 Å². The average Bonchev–Trinajstić information content (AvgIpc) is 2.35. The Morgan fingerprint density at radius 2 is 2.06 bits per heavy atom. The molecule has 1 unspecified atom stereocenters. The molecule has 0 heterocycles. The largest absolute Gasteiger partial charge is 0.399 e. The van der Waals surface area contributed by atoms with Crippen LogP contribution in [0, 0.1) is 0 Å². The van der Waals surface area contributed by atoms with Gasteiger partial charge in [0.15, 0.2) is 0 Å². The predicted octanol–water partition coefficient (Wildman–Crippen LogP) is 2.46. The number of amides is 1. The van der Waals surface area contributed by atoms with E-state index in [1.54, 1.807) is 0 Å². The lowest BCUT2D eigenvalue weighted by molar-refractivity contribution is -0.121. The molecule has 0 aromatic heterocycles. The zero-order valence-electron chi connectivity index (χ0n) is 11.1. The first-order valence-electron chi connectivity index (χ1n) is 6.33.